The molecule has 4 aromatic rings. The molecule has 4 aromatic carbocycles. The predicted molar refractivity (Wildman–Crippen MR) is 160 cm³/mol. The molecule has 0 amide bonds. The van der Waals surface area contributed by atoms with Crippen LogP contribution in [0.4, 0.5) is 0 Å². The van der Waals surface area contributed by atoms with Crippen molar-refractivity contribution in [1.29, 1.82) is 0 Å². The summed E-state index contributed by atoms with van der Waals surface area (Å²) in [5, 5.41) is 57.0. The summed E-state index contributed by atoms with van der Waals surface area (Å²) in [6, 6.07) is 4.76. The van der Waals surface area contributed by atoms with Crippen LogP contribution in [-0.4, -0.2) is 51.0 Å². The van der Waals surface area contributed by atoms with Gasteiger partial charge in [0.2, 0.25) is 0 Å². The number of phenolic OH excluding ortho intramolecular Hbond substituents is 5. The van der Waals surface area contributed by atoms with Crippen LogP contribution in [0.5, 0.6) is 34.5 Å². The Bertz CT molecular complexity index is 1750. The highest BCUT2D eigenvalue weighted by molar-refractivity contribution is 6.12. The van der Waals surface area contributed by atoms with Crippen molar-refractivity contribution in [3.8, 4) is 45.6 Å². The summed E-state index contributed by atoms with van der Waals surface area (Å²) < 4.78 is 10.5. The summed E-state index contributed by atoms with van der Waals surface area (Å²) in [6.07, 6.45) is 0.439. The number of ether oxygens (including phenoxy) is 2. The molecule has 9 heteroatoms. The molecule has 5 N–H and O–H groups in total. The summed E-state index contributed by atoms with van der Waals surface area (Å²) in [6.45, 7) is 12.1. The summed E-state index contributed by atoms with van der Waals surface area (Å²) in [7, 11) is 0. The first-order valence-electron chi connectivity index (χ1n) is 13.8. The molecule has 0 fully saturated rings. The van der Waals surface area contributed by atoms with Gasteiger partial charge in [0.05, 0.1) is 12.2 Å². The van der Waals surface area contributed by atoms with E-state index in [-0.39, 0.29) is 80.4 Å². The second-order valence-corrected chi connectivity index (χ2v) is 11.0. The van der Waals surface area contributed by atoms with Crippen molar-refractivity contribution >= 4 is 33.8 Å². The Morgan fingerprint density at radius 1 is 0.786 bits per heavy atom. The maximum absolute atomic E-state index is 12.5. The third-order valence-electron chi connectivity index (χ3n) is 7.54. The van der Waals surface area contributed by atoms with E-state index in [0.29, 0.717) is 39.3 Å². The van der Waals surface area contributed by atoms with E-state index in [1.165, 1.54) is 6.07 Å². The van der Waals surface area contributed by atoms with E-state index >= 15 is 0 Å². The highest BCUT2D eigenvalue weighted by Crippen LogP contribution is 2.53. The minimum absolute atomic E-state index is 0.0845. The molecule has 0 atom stereocenters. The number of rotatable bonds is 8. The van der Waals surface area contributed by atoms with Gasteiger partial charge in [0, 0.05) is 33.0 Å². The maximum Gasteiger partial charge on any atom is 0.344 e. The largest absolute Gasteiger partial charge is 0.507 e. The van der Waals surface area contributed by atoms with E-state index in [1.54, 1.807) is 32.9 Å². The quantitative estimate of drug-likeness (QED) is 0.0865. The highest BCUT2D eigenvalue weighted by atomic mass is 16.6. The Balaban J connectivity index is 2.13. The molecule has 0 aliphatic rings. The van der Waals surface area contributed by atoms with Crippen molar-refractivity contribution in [2.75, 3.05) is 13.2 Å². The van der Waals surface area contributed by atoms with Gasteiger partial charge in [0.25, 0.3) is 0 Å². The number of carbonyl (C=O) groups is 2. The third-order valence-corrected chi connectivity index (χ3v) is 7.54. The molecule has 9 nitrogen and oxygen atoms in total. The fraction of sp³-hybridized carbons (Fsp3) is 0.333. The summed E-state index contributed by atoms with van der Waals surface area (Å²) >= 11 is 0. The number of hydrogen-bond donors (Lipinski definition) is 5. The predicted octanol–water partition coefficient (Wildman–Crippen LogP) is 6.81. The van der Waals surface area contributed by atoms with Gasteiger partial charge in [-0.05, 0) is 60.6 Å². The Morgan fingerprint density at radius 3 is 1.88 bits per heavy atom. The average Bonchev–Trinajstić information content (AvgIpc) is 2.90. The van der Waals surface area contributed by atoms with E-state index in [1.807, 2.05) is 27.7 Å². The van der Waals surface area contributed by atoms with E-state index in [4.69, 9.17) is 9.47 Å². The van der Waals surface area contributed by atoms with E-state index in [0.717, 1.165) is 0 Å². The van der Waals surface area contributed by atoms with E-state index in [9.17, 15) is 35.1 Å². The van der Waals surface area contributed by atoms with Gasteiger partial charge in [0.1, 0.15) is 11.5 Å². The van der Waals surface area contributed by atoms with Gasteiger partial charge in [-0.15, -0.1) is 0 Å². The fourth-order valence-electron chi connectivity index (χ4n) is 5.82. The van der Waals surface area contributed by atoms with Gasteiger partial charge in [-0.3, -0.25) is 4.79 Å². The Hall–Kier alpha value is -4.66. The molecule has 42 heavy (non-hydrogen) atoms. The molecule has 0 bridgehead atoms. The smallest absolute Gasteiger partial charge is 0.344 e. The van der Waals surface area contributed by atoms with Gasteiger partial charge in [0.15, 0.2) is 35.9 Å². The number of esters is 1. The minimum atomic E-state index is -0.694. The monoisotopic (exact) mass is 576 g/mol. The number of phenols is 5. The van der Waals surface area contributed by atoms with Crippen LogP contribution in [0.1, 0.15) is 79.1 Å². The van der Waals surface area contributed by atoms with Gasteiger partial charge >= 0.3 is 5.97 Å². The van der Waals surface area contributed by atoms with Crippen LogP contribution in [0.25, 0.3) is 32.7 Å². The normalized spacial score (nSPS) is 11.5. The molecule has 0 saturated carbocycles. The molecule has 0 aliphatic carbocycles. The molecule has 0 saturated heterocycles. The number of fused-ring (bicyclic) bond motifs is 2. The molecule has 0 aromatic heterocycles. The first-order chi connectivity index (χ1) is 19.8. The SMILES string of the molecule is CCOC(=O)COc1c(O)c(C(C)C)c2cc(C)c(-c3c(C)cc4c(C(C)C)c(O)c(O)cc4c3O)c(O)c2c1C=O. The fourth-order valence-corrected chi connectivity index (χ4v) is 5.82. The van der Waals surface area contributed by atoms with E-state index < -0.39 is 12.6 Å². The maximum atomic E-state index is 12.5. The number of aryl methyl sites for hydroxylation is 2. The van der Waals surface area contributed by atoms with Gasteiger partial charge in [-0.25, -0.2) is 4.79 Å². The number of hydrogen-bond acceptors (Lipinski definition) is 9. The van der Waals surface area contributed by atoms with Crippen molar-refractivity contribution in [2.45, 2.75) is 60.3 Å². The van der Waals surface area contributed by atoms with Crippen molar-refractivity contribution in [1.82, 2.24) is 0 Å². The number of aldehydes is 1. The van der Waals surface area contributed by atoms with Gasteiger partial charge < -0.3 is 35.0 Å². The summed E-state index contributed by atoms with van der Waals surface area (Å²) in [5.74, 6) is -2.94. The van der Waals surface area contributed by atoms with Crippen LogP contribution in [0.2, 0.25) is 0 Å². The van der Waals surface area contributed by atoms with Crippen LogP contribution in [0.3, 0.4) is 0 Å². The third kappa shape index (κ3) is 4.78. The Morgan fingerprint density at radius 2 is 1.33 bits per heavy atom. The van der Waals surface area contributed by atoms with Crippen LogP contribution < -0.4 is 4.74 Å². The summed E-state index contributed by atoms with van der Waals surface area (Å²) in [5.41, 5.74) is 2.32. The lowest BCUT2D eigenvalue weighted by Gasteiger charge is -2.23. The molecule has 0 unspecified atom stereocenters. The first-order valence-corrected chi connectivity index (χ1v) is 13.8. The van der Waals surface area contributed by atoms with Crippen molar-refractivity contribution in [2.24, 2.45) is 0 Å². The van der Waals surface area contributed by atoms with Crippen LogP contribution in [0, 0.1) is 13.8 Å². The Kier molecular flexibility index (Phi) is 8.16. The first kappa shape index (κ1) is 30.3. The lowest BCUT2D eigenvalue weighted by molar-refractivity contribution is -0.145. The number of aromatic hydroxyl groups is 5. The average molecular weight is 577 g/mol. The van der Waals surface area contributed by atoms with Crippen molar-refractivity contribution in [3.63, 3.8) is 0 Å². The molecule has 0 radical (unpaired) electrons. The van der Waals surface area contributed by atoms with E-state index in [2.05, 4.69) is 0 Å². The second-order valence-electron chi connectivity index (χ2n) is 11.0. The Labute approximate surface area is 243 Å². The van der Waals surface area contributed by atoms with Crippen LogP contribution in [0.15, 0.2) is 18.2 Å². The van der Waals surface area contributed by atoms with Crippen LogP contribution >= 0.6 is 0 Å². The van der Waals surface area contributed by atoms with Crippen LogP contribution in [-0.2, 0) is 9.53 Å². The zero-order valence-corrected chi connectivity index (χ0v) is 24.7. The van der Waals surface area contributed by atoms with Crippen molar-refractivity contribution < 1.29 is 44.6 Å². The highest BCUT2D eigenvalue weighted by Gasteiger charge is 2.29. The second kappa shape index (κ2) is 11.3. The van der Waals surface area contributed by atoms with Gasteiger partial charge in [-0.2, -0.15) is 0 Å². The molecular formula is C33H36O9. The lowest BCUT2D eigenvalue weighted by Crippen LogP contribution is -2.15. The zero-order chi connectivity index (χ0) is 31.2. The minimum Gasteiger partial charge on any atom is -0.507 e. The standard InChI is InChI=1S/C33H36O9/c1-8-41-23(36)13-42-33-21(12-34)28-20(25(15(4)5)32(33)40)10-17(7)27(31(28)39)26-16(6)9-18-19(29(26)37)11-22(35)30(38)24(18)14(2)3/h9-12,14-15,35,37-40H,8,13H2,1-7H3. The lowest BCUT2D eigenvalue weighted by atomic mass is 9.84. The molecular weight excluding hydrogens is 540 g/mol. The zero-order valence-electron chi connectivity index (χ0n) is 24.7. The van der Waals surface area contributed by atoms with Crippen molar-refractivity contribution in [3.05, 3.63) is 46.0 Å². The molecule has 222 valence electrons. The number of benzene rings is 4. The summed E-state index contributed by atoms with van der Waals surface area (Å²) in [4.78, 5) is 24.5. The van der Waals surface area contributed by atoms with Gasteiger partial charge in [-0.1, -0.05) is 39.8 Å². The molecule has 0 heterocycles. The molecule has 4 rings (SSSR count). The topological polar surface area (TPSA) is 154 Å². The number of carbonyl (C=O) groups excluding carboxylic acids is 2. The molecule has 0 aliphatic heterocycles. The molecule has 0 spiro atoms.